The summed E-state index contributed by atoms with van der Waals surface area (Å²) in [5.41, 5.74) is 4.31. The molecule has 7 nitrogen and oxygen atoms in total. The predicted molar refractivity (Wildman–Crippen MR) is 133 cm³/mol. The van der Waals surface area contributed by atoms with Crippen molar-refractivity contribution < 1.29 is 17.9 Å². The van der Waals surface area contributed by atoms with Gasteiger partial charge in [-0.25, -0.2) is 13.4 Å². The number of sulfonamides is 1. The van der Waals surface area contributed by atoms with E-state index in [0.29, 0.717) is 41.5 Å². The number of nitrogens with zero attached hydrogens (tertiary/aromatic N) is 2. The van der Waals surface area contributed by atoms with Crippen LogP contribution in [0.5, 0.6) is 5.75 Å². The molecule has 0 bridgehead atoms. The molecule has 0 saturated carbocycles. The normalized spacial score (nSPS) is 14.1. The highest BCUT2D eigenvalue weighted by molar-refractivity contribution is 7.89. The van der Waals surface area contributed by atoms with Gasteiger partial charge in [0.1, 0.15) is 11.3 Å². The lowest BCUT2D eigenvalue weighted by Gasteiger charge is -2.28. The molecule has 3 aromatic carbocycles. The van der Waals surface area contributed by atoms with E-state index >= 15 is 0 Å². The highest BCUT2D eigenvalue weighted by Gasteiger charge is 2.28. The lowest BCUT2D eigenvalue weighted by atomic mass is 10.0. The van der Waals surface area contributed by atoms with Gasteiger partial charge in [0.05, 0.1) is 16.7 Å². The first kappa shape index (κ1) is 22.5. The van der Waals surface area contributed by atoms with E-state index in [4.69, 9.17) is 4.74 Å². The number of methoxy groups -OCH3 is 1. The molecule has 0 saturated heterocycles. The molecule has 0 aliphatic carbocycles. The molecule has 1 aromatic heterocycles. The fourth-order valence-corrected chi connectivity index (χ4v) is 6.46. The predicted octanol–water partition coefficient (Wildman–Crippen LogP) is 4.61. The number of anilines is 1. The molecule has 5 rings (SSSR count). The molecule has 9 heteroatoms. The van der Waals surface area contributed by atoms with Crippen LogP contribution in [0.25, 0.3) is 10.2 Å². The lowest BCUT2D eigenvalue weighted by molar-refractivity contribution is 0.102. The SMILES string of the molecule is COc1ccc(C)c2sc(NC(=O)c3ccc(S(=O)(=O)N4CCc5ccccc5C4)cc3)nc12. The first-order valence-electron chi connectivity index (χ1n) is 10.8. The summed E-state index contributed by atoms with van der Waals surface area (Å²) in [6.07, 6.45) is 0.683. The summed E-state index contributed by atoms with van der Waals surface area (Å²) in [7, 11) is -2.08. The van der Waals surface area contributed by atoms with Crippen molar-refractivity contribution in [1.29, 1.82) is 0 Å². The van der Waals surface area contributed by atoms with Crippen LogP contribution in [0.4, 0.5) is 5.13 Å². The number of benzene rings is 3. The Labute approximate surface area is 202 Å². The van der Waals surface area contributed by atoms with E-state index in [1.807, 2.05) is 43.3 Å². The van der Waals surface area contributed by atoms with Crippen molar-refractivity contribution in [3.8, 4) is 5.75 Å². The minimum atomic E-state index is -3.66. The number of nitrogens with one attached hydrogen (secondary N) is 1. The van der Waals surface area contributed by atoms with Gasteiger partial charge < -0.3 is 4.74 Å². The number of carbonyl (C=O) groups excluding carboxylic acids is 1. The monoisotopic (exact) mass is 493 g/mol. The Bertz CT molecular complexity index is 1490. The third kappa shape index (κ3) is 4.06. The highest BCUT2D eigenvalue weighted by atomic mass is 32.2. The van der Waals surface area contributed by atoms with Gasteiger partial charge in [0.15, 0.2) is 5.13 Å². The average Bonchev–Trinajstić information content (AvgIpc) is 3.28. The lowest BCUT2D eigenvalue weighted by Crippen LogP contribution is -2.35. The first-order valence-corrected chi connectivity index (χ1v) is 13.0. The Morgan fingerprint density at radius 1 is 1.06 bits per heavy atom. The summed E-state index contributed by atoms with van der Waals surface area (Å²) in [6, 6.07) is 17.7. The number of hydrogen-bond acceptors (Lipinski definition) is 6. The fraction of sp³-hybridized carbons (Fsp3) is 0.200. The Balaban J connectivity index is 1.34. The van der Waals surface area contributed by atoms with Gasteiger partial charge in [-0.05, 0) is 60.4 Å². The van der Waals surface area contributed by atoms with Crippen LogP contribution in [0, 0.1) is 6.92 Å². The molecule has 0 atom stereocenters. The number of amides is 1. The molecule has 4 aromatic rings. The standard InChI is InChI=1S/C25H23N3O4S2/c1-16-7-12-21(32-2)22-23(16)33-25(26-22)27-24(29)18-8-10-20(11-9-18)34(30,31)28-14-13-17-5-3-4-6-19(17)15-28/h3-12H,13-15H2,1-2H3,(H,26,27,29). The van der Waals surface area contributed by atoms with Crippen LogP contribution in [-0.4, -0.2) is 37.3 Å². The zero-order valence-corrected chi connectivity index (χ0v) is 20.4. The molecular formula is C25H23N3O4S2. The van der Waals surface area contributed by atoms with Crippen LogP contribution in [0.2, 0.25) is 0 Å². The molecule has 1 amide bonds. The fourth-order valence-electron chi connectivity index (χ4n) is 4.10. The maximum atomic E-state index is 13.2. The zero-order valence-electron chi connectivity index (χ0n) is 18.7. The molecule has 0 radical (unpaired) electrons. The van der Waals surface area contributed by atoms with Crippen molar-refractivity contribution >= 4 is 42.6 Å². The molecule has 1 aliphatic heterocycles. The quantitative estimate of drug-likeness (QED) is 0.439. The minimum absolute atomic E-state index is 0.170. The highest BCUT2D eigenvalue weighted by Crippen LogP contribution is 2.35. The van der Waals surface area contributed by atoms with E-state index < -0.39 is 10.0 Å². The van der Waals surface area contributed by atoms with Crippen LogP contribution >= 0.6 is 11.3 Å². The maximum absolute atomic E-state index is 13.2. The number of ether oxygens (including phenoxy) is 1. The van der Waals surface area contributed by atoms with Crippen molar-refractivity contribution in [3.63, 3.8) is 0 Å². The maximum Gasteiger partial charge on any atom is 0.257 e. The summed E-state index contributed by atoms with van der Waals surface area (Å²) in [5, 5.41) is 3.27. The van der Waals surface area contributed by atoms with Gasteiger partial charge in [-0.3, -0.25) is 10.1 Å². The van der Waals surface area contributed by atoms with Crippen LogP contribution in [0.1, 0.15) is 27.0 Å². The summed E-state index contributed by atoms with van der Waals surface area (Å²) in [6.45, 7) is 2.76. The van der Waals surface area contributed by atoms with E-state index in [1.165, 1.54) is 45.5 Å². The van der Waals surface area contributed by atoms with E-state index in [-0.39, 0.29) is 10.8 Å². The van der Waals surface area contributed by atoms with E-state index in [1.54, 1.807) is 7.11 Å². The number of carbonyl (C=O) groups is 1. The van der Waals surface area contributed by atoms with Gasteiger partial charge in [0, 0.05) is 18.7 Å². The van der Waals surface area contributed by atoms with Crippen molar-refractivity contribution in [2.75, 3.05) is 19.0 Å². The second-order valence-corrected chi connectivity index (χ2v) is 11.1. The van der Waals surface area contributed by atoms with Gasteiger partial charge in [-0.2, -0.15) is 4.31 Å². The summed E-state index contributed by atoms with van der Waals surface area (Å²) in [5.74, 6) is 0.291. The van der Waals surface area contributed by atoms with Gasteiger partial charge in [-0.1, -0.05) is 41.7 Å². The van der Waals surface area contributed by atoms with Crippen molar-refractivity contribution in [3.05, 3.63) is 82.9 Å². The number of fused-ring (bicyclic) bond motifs is 2. The summed E-state index contributed by atoms with van der Waals surface area (Å²) < 4.78 is 34.1. The van der Waals surface area contributed by atoms with Crippen molar-refractivity contribution in [2.45, 2.75) is 24.8 Å². The Hall–Kier alpha value is -3.27. The van der Waals surface area contributed by atoms with Crippen molar-refractivity contribution in [2.24, 2.45) is 0 Å². The third-order valence-corrected chi connectivity index (χ3v) is 8.96. The third-order valence-electron chi connectivity index (χ3n) is 5.99. The molecule has 2 heterocycles. The molecule has 0 fully saturated rings. The van der Waals surface area contributed by atoms with Gasteiger partial charge in [0.2, 0.25) is 10.0 Å². The van der Waals surface area contributed by atoms with Gasteiger partial charge in [0.25, 0.3) is 5.91 Å². The number of aryl methyl sites for hydroxylation is 1. The smallest absolute Gasteiger partial charge is 0.257 e. The van der Waals surface area contributed by atoms with Crippen molar-refractivity contribution in [1.82, 2.24) is 9.29 Å². The van der Waals surface area contributed by atoms with Gasteiger partial charge in [-0.15, -0.1) is 0 Å². The molecule has 174 valence electrons. The topological polar surface area (TPSA) is 88.6 Å². The minimum Gasteiger partial charge on any atom is -0.494 e. The number of rotatable bonds is 5. The van der Waals surface area contributed by atoms with E-state index in [0.717, 1.165) is 15.8 Å². The number of hydrogen-bond donors (Lipinski definition) is 1. The Kier molecular flexibility index (Phi) is 5.85. The molecular weight excluding hydrogens is 470 g/mol. The average molecular weight is 494 g/mol. The number of aromatic nitrogens is 1. The second kappa shape index (κ2) is 8.83. The van der Waals surface area contributed by atoms with Crippen LogP contribution in [-0.2, 0) is 23.0 Å². The second-order valence-electron chi connectivity index (χ2n) is 8.12. The largest absolute Gasteiger partial charge is 0.494 e. The van der Waals surface area contributed by atoms with E-state index in [9.17, 15) is 13.2 Å². The first-order chi connectivity index (χ1) is 16.4. The number of thiazole rings is 1. The summed E-state index contributed by atoms with van der Waals surface area (Å²) in [4.78, 5) is 17.5. The van der Waals surface area contributed by atoms with Gasteiger partial charge >= 0.3 is 0 Å². The van der Waals surface area contributed by atoms with E-state index in [2.05, 4.69) is 10.3 Å². The molecule has 34 heavy (non-hydrogen) atoms. The molecule has 1 aliphatic rings. The summed E-state index contributed by atoms with van der Waals surface area (Å²) >= 11 is 1.37. The zero-order chi connectivity index (χ0) is 23.9. The van der Waals surface area contributed by atoms with Crippen LogP contribution in [0.3, 0.4) is 0 Å². The van der Waals surface area contributed by atoms with Crippen LogP contribution in [0.15, 0.2) is 65.6 Å². The Morgan fingerprint density at radius 2 is 1.79 bits per heavy atom. The molecule has 0 spiro atoms. The van der Waals surface area contributed by atoms with Crippen LogP contribution < -0.4 is 10.1 Å². The molecule has 0 unspecified atom stereocenters. The molecule has 1 N–H and O–H groups in total. The Morgan fingerprint density at radius 3 is 2.53 bits per heavy atom.